The molecule has 1 aliphatic rings. The summed E-state index contributed by atoms with van der Waals surface area (Å²) in [7, 11) is 0. The van der Waals surface area contributed by atoms with Gasteiger partial charge in [-0.2, -0.15) is 0 Å². The van der Waals surface area contributed by atoms with E-state index in [1.165, 1.54) is 6.07 Å². The number of hydrogen-bond donors (Lipinski definition) is 2. The third-order valence-electron chi connectivity index (χ3n) is 4.11. The Bertz CT molecular complexity index is 464. The normalized spacial score (nSPS) is 16.8. The van der Waals surface area contributed by atoms with E-state index in [9.17, 15) is 9.50 Å². The molecule has 1 aromatic rings. The number of nitrogens with zero attached hydrogens (tertiary/aromatic N) is 1. The van der Waals surface area contributed by atoms with Gasteiger partial charge in [-0.25, -0.2) is 4.39 Å². The molecule has 0 aliphatic carbocycles. The van der Waals surface area contributed by atoms with Gasteiger partial charge in [-0.15, -0.1) is 19.0 Å². The summed E-state index contributed by atoms with van der Waals surface area (Å²) in [5.74, 6) is -0.719. The number of benzene rings is 1. The van der Waals surface area contributed by atoms with E-state index in [4.69, 9.17) is 0 Å². The second kappa shape index (κ2) is 9.82. The standard InChI is InChI=1S/C17H25FN2O.ClH/c1-2-3-4-5-9-16(20-12-10-19-11-13-20)14-7-6-8-15(18)17(14)21;/h2,6-8,16,19,21H,1,3-5,9-13H2;1H/t16-;/m0./s1. The van der Waals surface area contributed by atoms with Gasteiger partial charge >= 0.3 is 0 Å². The number of unbranched alkanes of at least 4 members (excludes halogenated alkanes) is 2. The van der Waals surface area contributed by atoms with Crippen molar-refractivity contribution in [2.45, 2.75) is 31.7 Å². The Labute approximate surface area is 138 Å². The molecule has 1 fully saturated rings. The average Bonchev–Trinajstić information content (AvgIpc) is 2.52. The number of para-hydroxylation sites is 1. The number of halogens is 2. The van der Waals surface area contributed by atoms with E-state index in [1.54, 1.807) is 6.07 Å². The zero-order valence-corrected chi connectivity index (χ0v) is 13.7. The second-order valence-electron chi connectivity index (χ2n) is 5.55. The van der Waals surface area contributed by atoms with Crippen LogP contribution in [0.2, 0.25) is 0 Å². The lowest BCUT2D eigenvalue weighted by atomic mass is 9.97. The minimum atomic E-state index is -0.529. The predicted molar refractivity (Wildman–Crippen MR) is 91.2 cm³/mol. The summed E-state index contributed by atoms with van der Waals surface area (Å²) in [6.07, 6.45) is 6.01. The molecule has 3 nitrogen and oxygen atoms in total. The highest BCUT2D eigenvalue weighted by Gasteiger charge is 2.25. The molecule has 0 amide bonds. The van der Waals surface area contributed by atoms with Gasteiger partial charge in [-0.05, 0) is 25.3 Å². The predicted octanol–water partition coefficient (Wildman–Crippen LogP) is 3.65. The number of phenols is 1. The smallest absolute Gasteiger partial charge is 0.165 e. The van der Waals surface area contributed by atoms with Gasteiger partial charge in [0, 0.05) is 37.8 Å². The number of allylic oxidation sites excluding steroid dienone is 1. The van der Waals surface area contributed by atoms with Crippen molar-refractivity contribution in [3.63, 3.8) is 0 Å². The Balaban J connectivity index is 0.00000242. The van der Waals surface area contributed by atoms with E-state index in [-0.39, 0.29) is 24.2 Å². The van der Waals surface area contributed by atoms with E-state index in [2.05, 4.69) is 16.8 Å². The highest BCUT2D eigenvalue weighted by molar-refractivity contribution is 5.85. The van der Waals surface area contributed by atoms with Crippen molar-refractivity contribution in [3.05, 3.63) is 42.2 Å². The van der Waals surface area contributed by atoms with Gasteiger partial charge < -0.3 is 10.4 Å². The van der Waals surface area contributed by atoms with Crippen LogP contribution in [0.3, 0.4) is 0 Å². The molecule has 22 heavy (non-hydrogen) atoms. The molecule has 0 bridgehead atoms. The number of aromatic hydroxyl groups is 1. The molecule has 0 spiro atoms. The number of nitrogens with one attached hydrogen (secondary N) is 1. The van der Waals surface area contributed by atoms with Crippen LogP contribution in [0.25, 0.3) is 0 Å². The Kier molecular flexibility index (Phi) is 8.46. The number of piperazine rings is 1. The van der Waals surface area contributed by atoms with Gasteiger partial charge in [-0.1, -0.05) is 24.6 Å². The summed E-state index contributed by atoms with van der Waals surface area (Å²) in [5, 5.41) is 13.4. The summed E-state index contributed by atoms with van der Waals surface area (Å²) >= 11 is 0. The van der Waals surface area contributed by atoms with Gasteiger partial charge in [0.05, 0.1) is 0 Å². The lowest BCUT2D eigenvalue weighted by molar-refractivity contribution is 0.159. The third kappa shape index (κ3) is 4.97. The maximum absolute atomic E-state index is 13.7. The maximum Gasteiger partial charge on any atom is 0.165 e. The van der Waals surface area contributed by atoms with Crippen LogP contribution < -0.4 is 5.32 Å². The molecule has 1 atom stereocenters. The van der Waals surface area contributed by atoms with Gasteiger partial charge in [0.2, 0.25) is 0 Å². The average molecular weight is 329 g/mol. The van der Waals surface area contributed by atoms with Gasteiger partial charge in [0.15, 0.2) is 11.6 Å². The molecule has 0 radical (unpaired) electrons. The first kappa shape index (κ1) is 18.9. The molecule has 2 rings (SSSR count). The van der Waals surface area contributed by atoms with Crippen LogP contribution >= 0.6 is 12.4 Å². The fraction of sp³-hybridized carbons (Fsp3) is 0.529. The molecule has 5 heteroatoms. The van der Waals surface area contributed by atoms with Crippen molar-refractivity contribution in [2.75, 3.05) is 26.2 Å². The maximum atomic E-state index is 13.7. The quantitative estimate of drug-likeness (QED) is 0.592. The molecular weight excluding hydrogens is 303 g/mol. The second-order valence-corrected chi connectivity index (χ2v) is 5.55. The number of hydrogen-bond acceptors (Lipinski definition) is 3. The Morgan fingerprint density at radius 1 is 1.32 bits per heavy atom. The van der Waals surface area contributed by atoms with E-state index in [1.807, 2.05) is 12.1 Å². The summed E-state index contributed by atoms with van der Waals surface area (Å²) in [5.41, 5.74) is 0.718. The van der Waals surface area contributed by atoms with E-state index >= 15 is 0 Å². The summed E-state index contributed by atoms with van der Waals surface area (Å²) in [4.78, 5) is 2.35. The van der Waals surface area contributed by atoms with Crippen LogP contribution in [-0.2, 0) is 0 Å². The molecule has 1 aliphatic heterocycles. The van der Waals surface area contributed by atoms with Crippen molar-refractivity contribution in [2.24, 2.45) is 0 Å². The zero-order chi connectivity index (χ0) is 15.1. The number of rotatable bonds is 7. The largest absolute Gasteiger partial charge is 0.505 e. The first-order valence-corrected chi connectivity index (χ1v) is 7.77. The Morgan fingerprint density at radius 3 is 2.73 bits per heavy atom. The van der Waals surface area contributed by atoms with Crippen molar-refractivity contribution < 1.29 is 9.50 Å². The zero-order valence-electron chi connectivity index (χ0n) is 12.9. The van der Waals surface area contributed by atoms with Crippen molar-refractivity contribution in [3.8, 4) is 5.75 Å². The molecule has 1 saturated heterocycles. The third-order valence-corrected chi connectivity index (χ3v) is 4.11. The monoisotopic (exact) mass is 328 g/mol. The Morgan fingerprint density at radius 2 is 2.05 bits per heavy atom. The van der Waals surface area contributed by atoms with E-state index in [0.29, 0.717) is 0 Å². The molecule has 0 saturated carbocycles. The molecule has 1 aromatic carbocycles. The topological polar surface area (TPSA) is 35.5 Å². The van der Waals surface area contributed by atoms with Crippen molar-refractivity contribution >= 4 is 12.4 Å². The lowest BCUT2D eigenvalue weighted by Gasteiger charge is -2.35. The molecule has 0 unspecified atom stereocenters. The molecule has 2 N–H and O–H groups in total. The van der Waals surface area contributed by atoms with Crippen LogP contribution in [0.4, 0.5) is 4.39 Å². The minimum absolute atomic E-state index is 0. The first-order chi connectivity index (χ1) is 10.2. The molecule has 1 heterocycles. The van der Waals surface area contributed by atoms with Crippen LogP contribution in [0.15, 0.2) is 30.9 Å². The van der Waals surface area contributed by atoms with Gasteiger partial charge in [-0.3, -0.25) is 4.90 Å². The van der Waals surface area contributed by atoms with Crippen molar-refractivity contribution in [1.82, 2.24) is 10.2 Å². The Hall–Kier alpha value is -1.10. The first-order valence-electron chi connectivity index (χ1n) is 7.77. The highest BCUT2D eigenvalue weighted by atomic mass is 35.5. The van der Waals surface area contributed by atoms with Crippen LogP contribution in [0, 0.1) is 5.82 Å². The SMILES string of the molecule is C=CCCCC[C@@H](c1cccc(F)c1O)N1CCNCC1.Cl. The fourth-order valence-electron chi connectivity index (χ4n) is 2.96. The van der Waals surface area contributed by atoms with Gasteiger partial charge in [0.25, 0.3) is 0 Å². The lowest BCUT2D eigenvalue weighted by Crippen LogP contribution is -2.45. The van der Waals surface area contributed by atoms with E-state index < -0.39 is 5.82 Å². The summed E-state index contributed by atoms with van der Waals surface area (Å²) < 4.78 is 13.7. The molecule has 124 valence electrons. The number of phenolic OH excluding ortho intramolecular Hbond substituents is 1. The van der Waals surface area contributed by atoms with Crippen LogP contribution in [0.1, 0.15) is 37.3 Å². The fourth-order valence-corrected chi connectivity index (χ4v) is 2.96. The molecular formula is C17H26ClFN2O. The summed E-state index contributed by atoms with van der Waals surface area (Å²) in [6.45, 7) is 7.50. The minimum Gasteiger partial charge on any atom is -0.505 e. The van der Waals surface area contributed by atoms with Crippen molar-refractivity contribution in [1.29, 1.82) is 0 Å². The van der Waals surface area contributed by atoms with E-state index in [0.717, 1.165) is 57.4 Å². The van der Waals surface area contributed by atoms with Crippen LogP contribution in [0.5, 0.6) is 5.75 Å². The summed E-state index contributed by atoms with van der Waals surface area (Å²) in [6, 6.07) is 4.93. The van der Waals surface area contributed by atoms with Gasteiger partial charge in [0.1, 0.15) is 0 Å². The highest BCUT2D eigenvalue weighted by Crippen LogP contribution is 2.34. The van der Waals surface area contributed by atoms with Crippen LogP contribution in [-0.4, -0.2) is 36.2 Å². The molecule has 0 aromatic heterocycles.